The molecule has 2 rings (SSSR count). The molecule has 21 heavy (non-hydrogen) atoms. The van der Waals surface area contributed by atoms with Gasteiger partial charge in [-0.25, -0.2) is 4.79 Å². The lowest BCUT2D eigenvalue weighted by molar-refractivity contribution is -0.117. The van der Waals surface area contributed by atoms with Gasteiger partial charge in [-0.3, -0.25) is 9.59 Å². The minimum Gasteiger partial charge on any atom is -0.505 e. The number of anilines is 1. The molecule has 7 heteroatoms. The Hall–Kier alpha value is -2.02. The number of rotatable bonds is 4. The highest BCUT2D eigenvalue weighted by Crippen LogP contribution is 2.35. The fraction of sp³-hybridized carbons (Fsp3) is 0.357. The van der Waals surface area contributed by atoms with Crippen molar-refractivity contribution in [3.05, 3.63) is 23.8 Å². The molecular formula is C14H15NO5S. The quantitative estimate of drug-likeness (QED) is 0.879. The highest BCUT2D eigenvalue weighted by atomic mass is 32.2. The zero-order valence-corrected chi connectivity index (χ0v) is 12.2. The van der Waals surface area contributed by atoms with Gasteiger partial charge in [-0.2, -0.15) is 0 Å². The maximum absolute atomic E-state index is 12.0. The average Bonchev–Trinajstić information content (AvgIpc) is 2.77. The van der Waals surface area contributed by atoms with Crippen LogP contribution in [0.3, 0.4) is 0 Å². The number of carboxylic acids is 1. The minimum atomic E-state index is -1.25. The highest BCUT2D eigenvalue weighted by Gasteiger charge is 2.33. The maximum atomic E-state index is 12.0. The number of para-hydroxylation sites is 1. The molecule has 6 nitrogen and oxygen atoms in total. The van der Waals surface area contributed by atoms with Crippen molar-refractivity contribution in [2.75, 3.05) is 17.2 Å². The molecule has 0 aliphatic carbocycles. The van der Waals surface area contributed by atoms with Crippen LogP contribution >= 0.6 is 11.8 Å². The van der Waals surface area contributed by atoms with E-state index in [2.05, 4.69) is 0 Å². The third-order valence-corrected chi connectivity index (χ3v) is 4.31. The van der Waals surface area contributed by atoms with Gasteiger partial charge >= 0.3 is 5.97 Å². The number of aromatic hydroxyl groups is 1. The molecule has 0 radical (unpaired) electrons. The Kier molecular flexibility index (Phi) is 4.52. The van der Waals surface area contributed by atoms with Gasteiger partial charge in [0.25, 0.3) is 0 Å². The zero-order valence-electron chi connectivity index (χ0n) is 11.4. The molecule has 0 bridgehead atoms. The van der Waals surface area contributed by atoms with Crippen molar-refractivity contribution in [3.8, 4) is 5.75 Å². The van der Waals surface area contributed by atoms with Gasteiger partial charge in [0.2, 0.25) is 5.91 Å². The molecule has 0 spiro atoms. The Bertz CT molecular complexity index is 601. The van der Waals surface area contributed by atoms with E-state index in [1.807, 2.05) is 0 Å². The normalized spacial score (nSPS) is 18.0. The monoisotopic (exact) mass is 309 g/mol. The summed E-state index contributed by atoms with van der Waals surface area (Å²) in [5.41, 5.74) is -0.0305. The number of aromatic carboxylic acids is 1. The second-order valence-electron chi connectivity index (χ2n) is 4.86. The fourth-order valence-corrected chi connectivity index (χ4v) is 2.98. The lowest BCUT2D eigenvalue weighted by Crippen LogP contribution is -2.25. The first-order valence-electron chi connectivity index (χ1n) is 6.39. The Morgan fingerprint density at radius 2 is 2.14 bits per heavy atom. The van der Waals surface area contributed by atoms with E-state index >= 15 is 0 Å². The SMILES string of the molecule is CC(=O)SCC1CC(=O)N(c2cccc(C(=O)O)c2O)C1. The second kappa shape index (κ2) is 6.17. The molecule has 0 aromatic heterocycles. The molecule has 1 fully saturated rings. The molecule has 1 aromatic rings. The lowest BCUT2D eigenvalue weighted by Gasteiger charge is -2.18. The van der Waals surface area contributed by atoms with E-state index in [-0.39, 0.29) is 34.6 Å². The number of nitrogens with zero attached hydrogens (tertiary/aromatic N) is 1. The van der Waals surface area contributed by atoms with Crippen LogP contribution in [0.1, 0.15) is 23.7 Å². The number of thioether (sulfide) groups is 1. The van der Waals surface area contributed by atoms with Gasteiger partial charge in [-0.15, -0.1) is 0 Å². The van der Waals surface area contributed by atoms with Gasteiger partial charge in [0.15, 0.2) is 10.9 Å². The molecule has 1 atom stereocenters. The molecule has 112 valence electrons. The van der Waals surface area contributed by atoms with Gasteiger partial charge in [-0.1, -0.05) is 17.8 Å². The van der Waals surface area contributed by atoms with E-state index in [1.165, 1.54) is 41.8 Å². The minimum absolute atomic E-state index is 0.00313. The first kappa shape index (κ1) is 15.4. The van der Waals surface area contributed by atoms with Crippen LogP contribution in [0.4, 0.5) is 5.69 Å². The van der Waals surface area contributed by atoms with Gasteiger partial charge in [0.05, 0.1) is 5.69 Å². The molecule has 1 unspecified atom stereocenters. The van der Waals surface area contributed by atoms with Crippen LogP contribution < -0.4 is 4.90 Å². The average molecular weight is 309 g/mol. The molecule has 2 N–H and O–H groups in total. The standard InChI is InChI=1S/C14H15NO5S/c1-8(16)21-7-9-5-12(17)15(6-9)11-4-2-3-10(13(11)18)14(19)20/h2-4,9,18H,5-7H2,1H3,(H,19,20). The van der Waals surface area contributed by atoms with Crippen molar-refractivity contribution in [2.24, 2.45) is 5.92 Å². The van der Waals surface area contributed by atoms with E-state index in [9.17, 15) is 19.5 Å². The number of benzene rings is 1. The third kappa shape index (κ3) is 3.36. The number of carboxylic acid groups (broad SMARTS) is 1. The molecule has 1 amide bonds. The van der Waals surface area contributed by atoms with Gasteiger partial charge < -0.3 is 15.1 Å². The smallest absolute Gasteiger partial charge is 0.339 e. The predicted molar refractivity (Wildman–Crippen MR) is 78.7 cm³/mol. The molecular weight excluding hydrogens is 294 g/mol. The van der Waals surface area contributed by atoms with Crippen molar-refractivity contribution < 1.29 is 24.6 Å². The zero-order chi connectivity index (χ0) is 15.6. The number of carbonyl (C=O) groups is 3. The van der Waals surface area contributed by atoms with Crippen molar-refractivity contribution in [1.82, 2.24) is 0 Å². The summed E-state index contributed by atoms with van der Waals surface area (Å²) in [6.45, 7) is 1.84. The second-order valence-corrected chi connectivity index (χ2v) is 6.05. The summed E-state index contributed by atoms with van der Waals surface area (Å²) in [6.07, 6.45) is 0.289. The lowest BCUT2D eigenvalue weighted by atomic mass is 10.1. The van der Waals surface area contributed by atoms with E-state index in [0.29, 0.717) is 12.3 Å². The summed E-state index contributed by atoms with van der Waals surface area (Å²) in [5.74, 6) is -1.28. The van der Waals surface area contributed by atoms with Crippen molar-refractivity contribution >= 4 is 34.4 Å². The Labute approximate surface area is 125 Å². The number of amides is 1. The summed E-state index contributed by atoms with van der Waals surface area (Å²) in [4.78, 5) is 35.4. The topological polar surface area (TPSA) is 94.9 Å². The Morgan fingerprint density at radius 1 is 1.43 bits per heavy atom. The van der Waals surface area contributed by atoms with Gasteiger partial charge in [-0.05, 0) is 18.1 Å². The van der Waals surface area contributed by atoms with Gasteiger partial charge in [0.1, 0.15) is 5.56 Å². The first-order valence-corrected chi connectivity index (χ1v) is 7.37. The molecule has 1 saturated heterocycles. The fourth-order valence-electron chi connectivity index (χ4n) is 2.28. The van der Waals surface area contributed by atoms with Crippen LogP contribution in [0.5, 0.6) is 5.75 Å². The molecule has 1 heterocycles. The predicted octanol–water partition coefficient (Wildman–Crippen LogP) is 1.72. The van der Waals surface area contributed by atoms with Crippen molar-refractivity contribution in [2.45, 2.75) is 13.3 Å². The maximum Gasteiger partial charge on any atom is 0.339 e. The Morgan fingerprint density at radius 3 is 2.76 bits per heavy atom. The highest BCUT2D eigenvalue weighted by molar-refractivity contribution is 8.13. The molecule has 1 aliphatic rings. The molecule has 1 aromatic carbocycles. The van der Waals surface area contributed by atoms with Crippen LogP contribution in [-0.4, -0.2) is 39.5 Å². The van der Waals surface area contributed by atoms with Crippen LogP contribution in [0.15, 0.2) is 18.2 Å². The summed E-state index contributed by atoms with van der Waals surface area (Å²) >= 11 is 1.17. The van der Waals surface area contributed by atoms with Crippen LogP contribution in [0.25, 0.3) is 0 Å². The summed E-state index contributed by atoms with van der Waals surface area (Å²) in [7, 11) is 0. The number of phenols is 1. The third-order valence-electron chi connectivity index (χ3n) is 3.26. The number of hydrogen-bond donors (Lipinski definition) is 2. The molecule has 1 aliphatic heterocycles. The van der Waals surface area contributed by atoms with Crippen molar-refractivity contribution in [3.63, 3.8) is 0 Å². The van der Waals surface area contributed by atoms with E-state index in [4.69, 9.17) is 5.11 Å². The van der Waals surface area contributed by atoms with Crippen LogP contribution in [0.2, 0.25) is 0 Å². The first-order chi connectivity index (χ1) is 9.90. The summed E-state index contributed by atoms with van der Waals surface area (Å²) in [6, 6.07) is 4.29. The van der Waals surface area contributed by atoms with E-state index in [1.54, 1.807) is 0 Å². The van der Waals surface area contributed by atoms with E-state index < -0.39 is 11.7 Å². The summed E-state index contributed by atoms with van der Waals surface area (Å²) < 4.78 is 0. The number of hydrogen-bond acceptors (Lipinski definition) is 5. The largest absolute Gasteiger partial charge is 0.505 e. The summed E-state index contributed by atoms with van der Waals surface area (Å²) in [5, 5.41) is 19.0. The van der Waals surface area contributed by atoms with E-state index in [0.717, 1.165) is 0 Å². The van der Waals surface area contributed by atoms with Gasteiger partial charge in [0, 0.05) is 25.6 Å². The Balaban J connectivity index is 2.19. The van der Waals surface area contributed by atoms with Crippen molar-refractivity contribution in [1.29, 1.82) is 0 Å². The van der Waals surface area contributed by atoms with Crippen LogP contribution in [0, 0.1) is 5.92 Å². The molecule has 0 saturated carbocycles. The van der Waals surface area contributed by atoms with Crippen LogP contribution in [-0.2, 0) is 9.59 Å². The number of carbonyl (C=O) groups excluding carboxylic acids is 2.